The van der Waals surface area contributed by atoms with E-state index in [0.29, 0.717) is 14.9 Å². The van der Waals surface area contributed by atoms with Crippen LogP contribution in [0.2, 0.25) is 0 Å². The average Bonchev–Trinajstić information content (AvgIpc) is 2.63. The molecule has 3 rings (SSSR count). The van der Waals surface area contributed by atoms with E-state index in [1.54, 1.807) is 36.1 Å². The van der Waals surface area contributed by atoms with Crippen LogP contribution in [0.1, 0.15) is 21.5 Å². The van der Waals surface area contributed by atoms with Crippen molar-refractivity contribution < 1.29 is 18.3 Å². The van der Waals surface area contributed by atoms with Crippen LogP contribution in [0.25, 0.3) is 0 Å². The van der Waals surface area contributed by atoms with Gasteiger partial charge in [-0.1, -0.05) is 33.6 Å². The Kier molecular flexibility index (Phi) is 5.60. The number of halogens is 1. The highest BCUT2D eigenvalue weighted by molar-refractivity contribution is 9.10. The second kappa shape index (κ2) is 7.61. The van der Waals surface area contributed by atoms with Crippen molar-refractivity contribution >= 4 is 31.9 Å². The van der Waals surface area contributed by atoms with Crippen molar-refractivity contribution in [3.05, 3.63) is 57.6 Å². The zero-order chi connectivity index (χ0) is 19.8. The minimum Gasteiger partial charge on any atom is -0.507 e. The maximum Gasteiger partial charge on any atom is 0.257 e. The predicted molar refractivity (Wildman–Crippen MR) is 106 cm³/mol. The first-order valence-electron chi connectivity index (χ1n) is 8.55. The normalized spacial score (nSPS) is 15.7. The summed E-state index contributed by atoms with van der Waals surface area (Å²) in [6, 6.07) is 9.95. The Labute approximate surface area is 167 Å². The van der Waals surface area contributed by atoms with Crippen LogP contribution >= 0.6 is 15.9 Å². The van der Waals surface area contributed by atoms with Crippen LogP contribution in [-0.4, -0.2) is 54.8 Å². The van der Waals surface area contributed by atoms with Gasteiger partial charge in [-0.2, -0.15) is 4.31 Å². The summed E-state index contributed by atoms with van der Waals surface area (Å²) in [5.74, 6) is -0.397. The van der Waals surface area contributed by atoms with Crippen LogP contribution in [0.3, 0.4) is 0 Å². The van der Waals surface area contributed by atoms with E-state index in [2.05, 4.69) is 15.9 Å². The van der Waals surface area contributed by atoms with E-state index >= 15 is 0 Å². The van der Waals surface area contributed by atoms with Gasteiger partial charge >= 0.3 is 0 Å². The number of benzene rings is 2. The van der Waals surface area contributed by atoms with Gasteiger partial charge in [0.25, 0.3) is 5.91 Å². The van der Waals surface area contributed by atoms with Crippen molar-refractivity contribution in [3.8, 4) is 5.75 Å². The minimum atomic E-state index is -3.60. The maximum absolute atomic E-state index is 12.9. The summed E-state index contributed by atoms with van der Waals surface area (Å²) >= 11 is 3.29. The lowest BCUT2D eigenvalue weighted by molar-refractivity contribution is 0.0694. The van der Waals surface area contributed by atoms with Crippen molar-refractivity contribution in [1.29, 1.82) is 0 Å². The molecule has 1 N–H and O–H groups in total. The SMILES string of the molecule is Cc1ccc(S(=O)(=O)N2CCN(C(=O)c3cc(Br)ccc3O)CC2)c(C)c1. The molecule has 2 aromatic rings. The molecule has 1 aliphatic rings. The number of hydrogen-bond donors (Lipinski definition) is 1. The predicted octanol–water partition coefficient (Wildman–Crippen LogP) is 2.92. The number of nitrogens with zero attached hydrogens (tertiary/aromatic N) is 2. The quantitative estimate of drug-likeness (QED) is 0.776. The van der Waals surface area contributed by atoms with E-state index in [-0.39, 0.29) is 43.4 Å². The van der Waals surface area contributed by atoms with E-state index in [0.717, 1.165) is 5.56 Å². The fourth-order valence-corrected chi connectivity index (χ4v) is 5.20. The highest BCUT2D eigenvalue weighted by atomic mass is 79.9. The summed E-state index contributed by atoms with van der Waals surface area (Å²) in [4.78, 5) is 14.5. The molecular weight excluding hydrogens is 432 g/mol. The lowest BCUT2D eigenvalue weighted by Gasteiger charge is -2.34. The summed E-state index contributed by atoms with van der Waals surface area (Å²) in [6.07, 6.45) is 0. The molecule has 0 aliphatic carbocycles. The number of piperazine rings is 1. The first kappa shape index (κ1) is 19.9. The highest BCUT2D eigenvalue weighted by Crippen LogP contribution is 2.25. The molecule has 1 aliphatic heterocycles. The molecule has 0 saturated carbocycles. The minimum absolute atomic E-state index is 0.0893. The van der Waals surface area contributed by atoms with Crippen molar-refractivity contribution in [1.82, 2.24) is 9.21 Å². The zero-order valence-corrected chi connectivity index (χ0v) is 17.5. The largest absolute Gasteiger partial charge is 0.507 e. The number of amides is 1. The number of carbonyl (C=O) groups is 1. The molecule has 27 heavy (non-hydrogen) atoms. The Bertz CT molecular complexity index is 983. The molecule has 0 spiro atoms. The van der Waals surface area contributed by atoms with Crippen molar-refractivity contribution in [2.45, 2.75) is 18.7 Å². The molecule has 0 aromatic heterocycles. The molecule has 144 valence electrons. The van der Waals surface area contributed by atoms with Crippen LogP contribution in [0.15, 0.2) is 45.8 Å². The number of phenolic OH excluding ortho intramolecular Hbond substituents is 1. The van der Waals surface area contributed by atoms with Gasteiger partial charge in [-0.15, -0.1) is 0 Å². The lowest BCUT2D eigenvalue weighted by atomic mass is 10.1. The Balaban J connectivity index is 1.75. The van der Waals surface area contributed by atoms with E-state index < -0.39 is 10.0 Å². The third-order valence-corrected chi connectivity index (χ3v) is 7.22. The Morgan fingerprint density at radius 2 is 1.70 bits per heavy atom. The Morgan fingerprint density at radius 1 is 1.04 bits per heavy atom. The third kappa shape index (κ3) is 4.02. The van der Waals surface area contributed by atoms with Crippen LogP contribution in [0, 0.1) is 13.8 Å². The van der Waals surface area contributed by atoms with Crippen LogP contribution < -0.4 is 0 Å². The fourth-order valence-electron chi connectivity index (χ4n) is 3.21. The second-order valence-electron chi connectivity index (χ2n) is 6.63. The summed E-state index contributed by atoms with van der Waals surface area (Å²) in [7, 11) is -3.60. The molecule has 0 bridgehead atoms. The first-order valence-corrected chi connectivity index (χ1v) is 10.8. The number of aromatic hydroxyl groups is 1. The van der Waals surface area contributed by atoms with Gasteiger partial charge in [-0.3, -0.25) is 4.79 Å². The van der Waals surface area contributed by atoms with E-state index in [9.17, 15) is 18.3 Å². The van der Waals surface area contributed by atoms with Gasteiger partial charge in [-0.05, 0) is 43.7 Å². The van der Waals surface area contributed by atoms with Crippen LogP contribution in [0.4, 0.5) is 0 Å². The van der Waals surface area contributed by atoms with Crippen LogP contribution in [-0.2, 0) is 10.0 Å². The molecule has 6 nitrogen and oxygen atoms in total. The number of rotatable bonds is 3. The molecule has 2 aromatic carbocycles. The summed E-state index contributed by atoms with van der Waals surface area (Å²) in [6.45, 7) is 4.69. The van der Waals surface area contributed by atoms with Crippen molar-refractivity contribution in [2.24, 2.45) is 0 Å². The smallest absolute Gasteiger partial charge is 0.257 e. The summed E-state index contributed by atoms with van der Waals surface area (Å²) in [5, 5.41) is 9.94. The number of carbonyl (C=O) groups excluding carboxylic acids is 1. The fraction of sp³-hybridized carbons (Fsp3) is 0.316. The van der Waals surface area contributed by atoms with Gasteiger partial charge < -0.3 is 10.0 Å². The van der Waals surface area contributed by atoms with E-state index in [4.69, 9.17) is 0 Å². The maximum atomic E-state index is 12.9. The topological polar surface area (TPSA) is 77.9 Å². The van der Waals surface area contributed by atoms with Gasteiger partial charge in [0.15, 0.2) is 0 Å². The highest BCUT2D eigenvalue weighted by Gasteiger charge is 2.31. The Morgan fingerprint density at radius 3 is 2.33 bits per heavy atom. The second-order valence-corrected chi connectivity index (χ2v) is 9.45. The average molecular weight is 453 g/mol. The first-order chi connectivity index (χ1) is 12.7. The van der Waals surface area contributed by atoms with Crippen molar-refractivity contribution in [2.75, 3.05) is 26.2 Å². The van der Waals surface area contributed by atoms with E-state index in [1.807, 2.05) is 13.0 Å². The van der Waals surface area contributed by atoms with Gasteiger partial charge in [0.1, 0.15) is 5.75 Å². The third-order valence-electron chi connectivity index (χ3n) is 4.66. The molecule has 1 amide bonds. The number of sulfonamides is 1. The molecule has 1 fully saturated rings. The number of phenols is 1. The van der Waals surface area contributed by atoms with Gasteiger partial charge in [0.2, 0.25) is 10.0 Å². The monoisotopic (exact) mass is 452 g/mol. The Hall–Kier alpha value is -1.90. The number of aryl methyl sites for hydroxylation is 2. The molecular formula is C19H21BrN2O4S. The van der Waals surface area contributed by atoms with Gasteiger partial charge in [0, 0.05) is 30.7 Å². The van der Waals surface area contributed by atoms with Gasteiger partial charge in [0.05, 0.1) is 10.5 Å². The molecule has 1 heterocycles. The number of hydrogen-bond acceptors (Lipinski definition) is 4. The molecule has 0 radical (unpaired) electrons. The van der Waals surface area contributed by atoms with Gasteiger partial charge in [-0.25, -0.2) is 8.42 Å². The molecule has 8 heteroatoms. The summed E-state index contributed by atoms with van der Waals surface area (Å²) in [5.41, 5.74) is 1.93. The molecule has 0 unspecified atom stereocenters. The van der Waals surface area contributed by atoms with Crippen molar-refractivity contribution in [3.63, 3.8) is 0 Å². The van der Waals surface area contributed by atoms with Crippen LogP contribution in [0.5, 0.6) is 5.75 Å². The van der Waals surface area contributed by atoms with E-state index in [1.165, 1.54) is 10.4 Å². The standard InChI is InChI=1S/C19H21BrN2O4S/c1-13-3-6-18(14(2)11-13)27(25,26)22-9-7-21(8-10-22)19(24)16-12-15(20)4-5-17(16)23/h3-6,11-12,23H,7-10H2,1-2H3. The lowest BCUT2D eigenvalue weighted by Crippen LogP contribution is -2.50. The molecule has 0 atom stereocenters. The molecule has 1 saturated heterocycles. The zero-order valence-electron chi connectivity index (χ0n) is 15.1. The summed E-state index contributed by atoms with van der Waals surface area (Å²) < 4.78 is 28.0.